The van der Waals surface area contributed by atoms with Gasteiger partial charge in [0.2, 0.25) is 0 Å². The van der Waals surface area contributed by atoms with Gasteiger partial charge in [-0.15, -0.1) is 11.3 Å². The fourth-order valence-electron chi connectivity index (χ4n) is 1.85. The highest BCUT2D eigenvalue weighted by atomic mass is 32.1. The van der Waals surface area contributed by atoms with Gasteiger partial charge in [0.15, 0.2) is 16.3 Å². The third-order valence-corrected chi connectivity index (χ3v) is 3.78. The van der Waals surface area contributed by atoms with Crippen LogP contribution in [0.2, 0.25) is 0 Å². The fraction of sp³-hybridized carbons (Fsp3) is 0.182. The molecule has 0 saturated carbocycles. The molecule has 0 saturated heterocycles. The SMILES string of the molecule is CCOc1c(C(=O)O)sc2c1cnc1[nH]ncc12. The third kappa shape index (κ3) is 1.44. The normalized spacial score (nSPS) is 11.2. The van der Waals surface area contributed by atoms with Crippen LogP contribution in [0.4, 0.5) is 0 Å². The van der Waals surface area contributed by atoms with E-state index in [-0.39, 0.29) is 4.88 Å². The van der Waals surface area contributed by atoms with Gasteiger partial charge in [0.1, 0.15) is 0 Å². The average molecular weight is 263 g/mol. The summed E-state index contributed by atoms with van der Waals surface area (Å²) in [7, 11) is 0. The second kappa shape index (κ2) is 3.95. The molecule has 0 amide bonds. The van der Waals surface area contributed by atoms with Crippen molar-refractivity contribution in [3.05, 3.63) is 17.3 Å². The van der Waals surface area contributed by atoms with E-state index in [1.807, 2.05) is 6.92 Å². The first-order valence-electron chi connectivity index (χ1n) is 5.33. The predicted molar refractivity (Wildman–Crippen MR) is 67.4 cm³/mol. The Bertz CT molecular complexity index is 746. The lowest BCUT2D eigenvalue weighted by molar-refractivity contribution is 0.0698. The first kappa shape index (κ1) is 11.0. The zero-order valence-corrected chi connectivity index (χ0v) is 10.2. The van der Waals surface area contributed by atoms with Gasteiger partial charge >= 0.3 is 5.97 Å². The molecule has 0 aliphatic rings. The number of hydrogen-bond donors (Lipinski definition) is 2. The number of ether oxygens (including phenoxy) is 1. The first-order chi connectivity index (χ1) is 8.72. The Morgan fingerprint density at radius 3 is 3.06 bits per heavy atom. The topological polar surface area (TPSA) is 88.1 Å². The Kier molecular flexibility index (Phi) is 2.41. The Morgan fingerprint density at radius 1 is 1.50 bits per heavy atom. The maximum Gasteiger partial charge on any atom is 0.349 e. The minimum Gasteiger partial charge on any atom is -0.491 e. The number of carboxylic acid groups (broad SMARTS) is 1. The highest BCUT2D eigenvalue weighted by Crippen LogP contribution is 2.40. The minimum atomic E-state index is -0.990. The molecule has 7 heteroatoms. The summed E-state index contributed by atoms with van der Waals surface area (Å²) < 4.78 is 6.26. The van der Waals surface area contributed by atoms with Gasteiger partial charge in [-0.25, -0.2) is 9.78 Å². The minimum absolute atomic E-state index is 0.197. The molecule has 0 atom stereocenters. The van der Waals surface area contributed by atoms with Crippen LogP contribution in [0.1, 0.15) is 16.6 Å². The van der Waals surface area contributed by atoms with E-state index in [0.29, 0.717) is 23.4 Å². The molecule has 0 fully saturated rings. The van der Waals surface area contributed by atoms with Gasteiger partial charge in [0, 0.05) is 6.20 Å². The Hall–Kier alpha value is -2.15. The van der Waals surface area contributed by atoms with Crippen molar-refractivity contribution in [2.24, 2.45) is 0 Å². The number of aromatic amines is 1. The van der Waals surface area contributed by atoms with Crippen LogP contribution in [0.25, 0.3) is 21.1 Å². The predicted octanol–water partition coefficient (Wildman–Crippen LogP) is 2.27. The van der Waals surface area contributed by atoms with Crippen LogP contribution in [-0.2, 0) is 0 Å². The van der Waals surface area contributed by atoms with Crippen molar-refractivity contribution < 1.29 is 14.6 Å². The number of carboxylic acids is 1. The van der Waals surface area contributed by atoms with Crippen LogP contribution in [-0.4, -0.2) is 32.9 Å². The number of fused-ring (bicyclic) bond motifs is 3. The van der Waals surface area contributed by atoms with Crippen molar-refractivity contribution in [2.75, 3.05) is 6.61 Å². The second-order valence-electron chi connectivity index (χ2n) is 3.63. The van der Waals surface area contributed by atoms with E-state index in [1.165, 1.54) is 11.3 Å². The van der Waals surface area contributed by atoms with Gasteiger partial charge in [-0.2, -0.15) is 5.10 Å². The summed E-state index contributed by atoms with van der Waals surface area (Å²) in [6.45, 7) is 2.23. The molecule has 18 heavy (non-hydrogen) atoms. The number of H-pyrrole nitrogens is 1. The van der Waals surface area contributed by atoms with Crippen molar-refractivity contribution >= 4 is 38.4 Å². The number of nitrogens with zero attached hydrogens (tertiary/aromatic N) is 2. The van der Waals surface area contributed by atoms with Crippen molar-refractivity contribution in [3.8, 4) is 5.75 Å². The zero-order chi connectivity index (χ0) is 12.7. The van der Waals surface area contributed by atoms with E-state index >= 15 is 0 Å². The van der Waals surface area contributed by atoms with Gasteiger partial charge in [0.05, 0.1) is 28.3 Å². The number of thiophene rings is 1. The molecule has 3 aromatic rings. The van der Waals surface area contributed by atoms with E-state index in [9.17, 15) is 9.90 Å². The fourth-order valence-corrected chi connectivity index (χ4v) is 2.92. The van der Waals surface area contributed by atoms with Gasteiger partial charge < -0.3 is 9.84 Å². The van der Waals surface area contributed by atoms with Gasteiger partial charge in [-0.05, 0) is 6.92 Å². The molecule has 0 aliphatic heterocycles. The Morgan fingerprint density at radius 2 is 2.33 bits per heavy atom. The lowest BCUT2D eigenvalue weighted by Gasteiger charge is -2.02. The van der Waals surface area contributed by atoms with Gasteiger partial charge in [0.25, 0.3) is 0 Å². The molecule has 0 spiro atoms. The summed E-state index contributed by atoms with van der Waals surface area (Å²) in [5, 5.41) is 17.4. The summed E-state index contributed by atoms with van der Waals surface area (Å²) >= 11 is 1.18. The van der Waals surface area contributed by atoms with E-state index in [2.05, 4.69) is 15.2 Å². The number of pyridine rings is 1. The number of rotatable bonds is 3. The monoisotopic (exact) mass is 263 g/mol. The van der Waals surface area contributed by atoms with Crippen LogP contribution in [0.5, 0.6) is 5.75 Å². The van der Waals surface area contributed by atoms with Crippen LogP contribution in [0.3, 0.4) is 0 Å². The van der Waals surface area contributed by atoms with E-state index in [0.717, 1.165) is 10.1 Å². The Labute approximate surface area is 105 Å². The molecule has 3 rings (SSSR count). The number of hydrogen-bond acceptors (Lipinski definition) is 5. The molecule has 0 aromatic carbocycles. The zero-order valence-electron chi connectivity index (χ0n) is 9.43. The molecular weight excluding hydrogens is 254 g/mol. The summed E-state index contributed by atoms with van der Waals surface area (Å²) in [5.74, 6) is -0.600. The molecular formula is C11H9N3O3S. The molecule has 92 valence electrons. The molecule has 3 aromatic heterocycles. The molecule has 2 N–H and O–H groups in total. The first-order valence-corrected chi connectivity index (χ1v) is 6.14. The van der Waals surface area contributed by atoms with Crippen LogP contribution in [0, 0.1) is 0 Å². The lowest BCUT2D eigenvalue weighted by Crippen LogP contribution is -1.98. The van der Waals surface area contributed by atoms with Crippen molar-refractivity contribution in [1.82, 2.24) is 15.2 Å². The van der Waals surface area contributed by atoms with E-state index in [4.69, 9.17) is 4.74 Å². The number of carbonyl (C=O) groups is 1. The maximum absolute atomic E-state index is 11.2. The van der Waals surface area contributed by atoms with Crippen LogP contribution < -0.4 is 4.74 Å². The Balaban J connectivity index is 2.41. The van der Waals surface area contributed by atoms with Crippen LogP contribution >= 0.6 is 11.3 Å². The second-order valence-corrected chi connectivity index (χ2v) is 4.65. The maximum atomic E-state index is 11.2. The third-order valence-electron chi connectivity index (χ3n) is 2.57. The van der Waals surface area contributed by atoms with Crippen molar-refractivity contribution in [3.63, 3.8) is 0 Å². The van der Waals surface area contributed by atoms with E-state index < -0.39 is 5.97 Å². The quantitative estimate of drug-likeness (QED) is 0.756. The lowest BCUT2D eigenvalue weighted by atomic mass is 10.2. The largest absolute Gasteiger partial charge is 0.491 e. The molecule has 3 heterocycles. The smallest absolute Gasteiger partial charge is 0.349 e. The summed E-state index contributed by atoms with van der Waals surface area (Å²) in [5.41, 5.74) is 0.642. The van der Waals surface area contributed by atoms with E-state index in [1.54, 1.807) is 12.4 Å². The molecule has 0 bridgehead atoms. The standard InChI is InChI=1S/C11H9N3O3S/c1-2-17-7-5-3-12-10-6(4-13-14-10)8(5)18-9(7)11(15)16/h3-4H,2H2,1H3,(H,15,16)(H,12,13,14). The van der Waals surface area contributed by atoms with Crippen molar-refractivity contribution in [1.29, 1.82) is 0 Å². The number of aromatic nitrogens is 3. The summed E-state index contributed by atoms with van der Waals surface area (Å²) in [6, 6.07) is 0. The van der Waals surface area contributed by atoms with Crippen LogP contribution in [0.15, 0.2) is 12.4 Å². The molecule has 0 aliphatic carbocycles. The van der Waals surface area contributed by atoms with Gasteiger partial charge in [-0.1, -0.05) is 0 Å². The summed E-state index contributed by atoms with van der Waals surface area (Å²) in [6.07, 6.45) is 3.26. The number of aromatic carboxylic acids is 1. The highest BCUT2D eigenvalue weighted by molar-refractivity contribution is 7.22. The molecule has 0 unspecified atom stereocenters. The van der Waals surface area contributed by atoms with Crippen molar-refractivity contribution in [2.45, 2.75) is 6.92 Å². The highest BCUT2D eigenvalue weighted by Gasteiger charge is 2.21. The molecule has 0 radical (unpaired) electrons. The number of nitrogens with one attached hydrogen (secondary N) is 1. The molecule has 6 nitrogen and oxygen atoms in total. The summed E-state index contributed by atoms with van der Waals surface area (Å²) in [4.78, 5) is 15.6. The van der Waals surface area contributed by atoms with Gasteiger partial charge in [-0.3, -0.25) is 5.10 Å². The average Bonchev–Trinajstić information content (AvgIpc) is 2.92.